The molecule has 5 N–H and O–H groups in total. The molecule has 0 aromatic carbocycles. The van der Waals surface area contributed by atoms with Crippen LogP contribution in [0.25, 0.3) is 0 Å². The van der Waals surface area contributed by atoms with Crippen LogP contribution < -0.4 is 21.7 Å². The molecular weight excluding hydrogens is 244 g/mol. The van der Waals surface area contributed by atoms with E-state index in [1.807, 2.05) is 13.8 Å². The van der Waals surface area contributed by atoms with Crippen molar-refractivity contribution < 1.29 is 9.59 Å². The lowest BCUT2D eigenvalue weighted by Gasteiger charge is -2.24. The summed E-state index contributed by atoms with van der Waals surface area (Å²) in [6.45, 7) is 5.93. The number of Topliss-reactive ketones (excluding diaryl/α,β-unsaturated/α-hetero) is 1. The topological polar surface area (TPSA) is 96.2 Å². The molecule has 2 atom stereocenters. The first kappa shape index (κ1) is 16.1. The molecule has 0 spiro atoms. The monoisotopic (exact) mass is 270 g/mol. The van der Waals surface area contributed by atoms with Gasteiger partial charge in [-0.2, -0.15) is 0 Å². The van der Waals surface area contributed by atoms with Gasteiger partial charge in [0.1, 0.15) is 0 Å². The molecule has 1 rings (SSSR count). The molecule has 19 heavy (non-hydrogen) atoms. The highest BCUT2D eigenvalue weighted by atomic mass is 16.2. The minimum atomic E-state index is -0.571. The van der Waals surface area contributed by atoms with E-state index in [2.05, 4.69) is 16.0 Å². The Morgan fingerprint density at radius 1 is 1.42 bits per heavy atom. The number of hydrogen-bond acceptors (Lipinski definition) is 5. The SMILES string of the molecule is CC(C)C(=O)C(CN)NC(=O)CN[C@H]1CCCNC1. The van der Waals surface area contributed by atoms with Crippen molar-refractivity contribution in [2.45, 2.75) is 38.8 Å². The molecule has 0 aromatic rings. The van der Waals surface area contributed by atoms with E-state index in [-0.39, 0.29) is 30.7 Å². The first-order valence-electron chi connectivity index (χ1n) is 7.01. The van der Waals surface area contributed by atoms with Crippen molar-refractivity contribution >= 4 is 11.7 Å². The molecule has 0 bridgehead atoms. The van der Waals surface area contributed by atoms with Crippen LogP contribution in [-0.4, -0.2) is 50.0 Å². The van der Waals surface area contributed by atoms with E-state index in [0.29, 0.717) is 6.04 Å². The van der Waals surface area contributed by atoms with Gasteiger partial charge < -0.3 is 21.7 Å². The molecule has 0 aromatic heterocycles. The second kappa shape index (κ2) is 8.24. The number of ketones is 1. The molecular formula is C13H26N4O2. The van der Waals surface area contributed by atoms with Crippen LogP contribution in [0.2, 0.25) is 0 Å². The van der Waals surface area contributed by atoms with Crippen LogP contribution in [0.3, 0.4) is 0 Å². The molecule has 1 aliphatic rings. The van der Waals surface area contributed by atoms with Gasteiger partial charge in [-0.3, -0.25) is 9.59 Å². The Morgan fingerprint density at radius 2 is 2.16 bits per heavy atom. The number of carbonyl (C=O) groups is 2. The summed E-state index contributed by atoms with van der Waals surface area (Å²) < 4.78 is 0. The highest BCUT2D eigenvalue weighted by Crippen LogP contribution is 2.01. The summed E-state index contributed by atoms with van der Waals surface area (Å²) in [5.74, 6) is -0.311. The zero-order valence-corrected chi connectivity index (χ0v) is 11.9. The third kappa shape index (κ3) is 5.67. The van der Waals surface area contributed by atoms with Gasteiger partial charge in [0.05, 0.1) is 12.6 Å². The average molecular weight is 270 g/mol. The lowest BCUT2D eigenvalue weighted by molar-refractivity contribution is -0.128. The molecule has 1 heterocycles. The van der Waals surface area contributed by atoms with Gasteiger partial charge in [0, 0.05) is 25.0 Å². The standard InChI is InChI=1S/C13H26N4O2/c1-9(2)13(19)11(6-14)17-12(18)8-16-10-4-3-5-15-7-10/h9-11,15-16H,3-8,14H2,1-2H3,(H,17,18)/t10-,11?/m0/s1. The van der Waals surface area contributed by atoms with Crippen LogP contribution in [0, 0.1) is 5.92 Å². The molecule has 1 aliphatic heterocycles. The normalized spacial score (nSPS) is 21.2. The second-order valence-corrected chi connectivity index (χ2v) is 5.34. The number of hydrogen-bond donors (Lipinski definition) is 4. The van der Waals surface area contributed by atoms with E-state index in [4.69, 9.17) is 5.73 Å². The number of piperidine rings is 1. The lowest BCUT2D eigenvalue weighted by Crippen LogP contribution is -2.52. The summed E-state index contributed by atoms with van der Waals surface area (Å²) in [6, 6.07) is -0.240. The van der Waals surface area contributed by atoms with E-state index in [9.17, 15) is 9.59 Å². The van der Waals surface area contributed by atoms with Gasteiger partial charge in [-0.05, 0) is 19.4 Å². The quantitative estimate of drug-likeness (QED) is 0.476. The van der Waals surface area contributed by atoms with Gasteiger partial charge in [0.2, 0.25) is 5.91 Å². The van der Waals surface area contributed by atoms with Crippen molar-refractivity contribution in [3.05, 3.63) is 0 Å². The first-order valence-corrected chi connectivity index (χ1v) is 7.01. The number of carbonyl (C=O) groups excluding carboxylic acids is 2. The molecule has 0 radical (unpaired) electrons. The maximum Gasteiger partial charge on any atom is 0.234 e. The first-order chi connectivity index (χ1) is 9.04. The van der Waals surface area contributed by atoms with Crippen molar-refractivity contribution in [2.75, 3.05) is 26.2 Å². The molecule has 110 valence electrons. The van der Waals surface area contributed by atoms with Gasteiger partial charge in [0.25, 0.3) is 0 Å². The number of nitrogens with two attached hydrogens (primary N) is 1. The predicted molar refractivity (Wildman–Crippen MR) is 74.7 cm³/mol. The second-order valence-electron chi connectivity index (χ2n) is 5.34. The molecule has 1 unspecified atom stereocenters. The van der Waals surface area contributed by atoms with Gasteiger partial charge in [0.15, 0.2) is 5.78 Å². The Balaban J connectivity index is 2.30. The van der Waals surface area contributed by atoms with E-state index in [1.165, 1.54) is 0 Å². The Bertz CT molecular complexity index is 301. The fraction of sp³-hybridized carbons (Fsp3) is 0.846. The summed E-state index contributed by atoms with van der Waals surface area (Å²) in [4.78, 5) is 23.6. The van der Waals surface area contributed by atoms with Crippen LogP contribution in [0.1, 0.15) is 26.7 Å². The van der Waals surface area contributed by atoms with Crippen molar-refractivity contribution in [1.82, 2.24) is 16.0 Å². The highest BCUT2D eigenvalue weighted by Gasteiger charge is 2.22. The Hall–Kier alpha value is -0.980. The van der Waals surface area contributed by atoms with Gasteiger partial charge in [-0.1, -0.05) is 13.8 Å². The Kier molecular flexibility index (Phi) is 6.97. The Morgan fingerprint density at radius 3 is 2.68 bits per heavy atom. The third-order valence-corrected chi connectivity index (χ3v) is 3.33. The van der Waals surface area contributed by atoms with Crippen molar-refractivity contribution in [2.24, 2.45) is 11.7 Å². The molecule has 1 amide bonds. The molecule has 6 nitrogen and oxygen atoms in total. The van der Waals surface area contributed by atoms with Crippen LogP contribution in [-0.2, 0) is 9.59 Å². The van der Waals surface area contributed by atoms with E-state index in [1.54, 1.807) is 0 Å². The highest BCUT2D eigenvalue weighted by molar-refractivity contribution is 5.90. The zero-order chi connectivity index (χ0) is 14.3. The van der Waals surface area contributed by atoms with Gasteiger partial charge in [-0.15, -0.1) is 0 Å². The van der Waals surface area contributed by atoms with E-state index in [0.717, 1.165) is 25.9 Å². The summed E-state index contributed by atoms with van der Waals surface area (Å²) in [7, 11) is 0. The largest absolute Gasteiger partial charge is 0.344 e. The molecule has 1 fully saturated rings. The molecule has 0 aliphatic carbocycles. The fourth-order valence-electron chi connectivity index (χ4n) is 2.16. The summed E-state index contributed by atoms with van der Waals surface area (Å²) >= 11 is 0. The van der Waals surface area contributed by atoms with E-state index < -0.39 is 6.04 Å². The van der Waals surface area contributed by atoms with Crippen LogP contribution >= 0.6 is 0 Å². The van der Waals surface area contributed by atoms with Crippen molar-refractivity contribution in [1.29, 1.82) is 0 Å². The van der Waals surface area contributed by atoms with Gasteiger partial charge >= 0.3 is 0 Å². The summed E-state index contributed by atoms with van der Waals surface area (Å²) in [5.41, 5.74) is 5.53. The van der Waals surface area contributed by atoms with E-state index >= 15 is 0 Å². The van der Waals surface area contributed by atoms with Crippen LogP contribution in [0.15, 0.2) is 0 Å². The average Bonchev–Trinajstić information content (AvgIpc) is 2.42. The fourth-order valence-corrected chi connectivity index (χ4v) is 2.16. The number of nitrogens with one attached hydrogen (secondary N) is 3. The number of rotatable bonds is 7. The van der Waals surface area contributed by atoms with Crippen LogP contribution in [0.5, 0.6) is 0 Å². The predicted octanol–water partition coefficient (Wildman–Crippen LogP) is -1.00. The smallest absolute Gasteiger partial charge is 0.234 e. The summed E-state index contributed by atoms with van der Waals surface area (Å²) in [6.07, 6.45) is 2.20. The summed E-state index contributed by atoms with van der Waals surface area (Å²) in [5, 5.41) is 9.16. The molecule has 0 saturated carbocycles. The molecule has 1 saturated heterocycles. The Labute approximate surface area is 114 Å². The molecule has 6 heteroatoms. The number of amides is 1. The maximum absolute atomic E-state index is 11.8. The minimum Gasteiger partial charge on any atom is -0.344 e. The van der Waals surface area contributed by atoms with Crippen LogP contribution in [0.4, 0.5) is 0 Å². The van der Waals surface area contributed by atoms with Crippen molar-refractivity contribution in [3.8, 4) is 0 Å². The van der Waals surface area contributed by atoms with Gasteiger partial charge in [-0.25, -0.2) is 0 Å². The third-order valence-electron chi connectivity index (χ3n) is 3.33. The maximum atomic E-state index is 11.8. The minimum absolute atomic E-state index is 0.0183. The van der Waals surface area contributed by atoms with Crippen molar-refractivity contribution in [3.63, 3.8) is 0 Å². The lowest BCUT2D eigenvalue weighted by atomic mass is 10.0. The zero-order valence-electron chi connectivity index (χ0n) is 11.9.